The van der Waals surface area contributed by atoms with Crippen LogP contribution in [0.1, 0.15) is 12.5 Å². The van der Waals surface area contributed by atoms with Crippen molar-refractivity contribution < 1.29 is 9.47 Å². The van der Waals surface area contributed by atoms with Crippen molar-refractivity contribution in [2.24, 2.45) is 0 Å². The predicted molar refractivity (Wildman–Crippen MR) is 79.1 cm³/mol. The summed E-state index contributed by atoms with van der Waals surface area (Å²) in [6.07, 6.45) is 0.0358. The monoisotopic (exact) mass is 269 g/mol. The van der Waals surface area contributed by atoms with Gasteiger partial charge in [-0.25, -0.2) is 0 Å². The van der Waals surface area contributed by atoms with Crippen LogP contribution >= 0.6 is 0 Å². The van der Waals surface area contributed by atoms with Crippen LogP contribution in [0.15, 0.2) is 54.6 Å². The average molecular weight is 269 g/mol. The van der Waals surface area contributed by atoms with E-state index >= 15 is 0 Å². The Labute approximate surface area is 119 Å². The molecule has 0 spiro atoms. The summed E-state index contributed by atoms with van der Waals surface area (Å²) in [4.78, 5) is 0. The van der Waals surface area contributed by atoms with Crippen molar-refractivity contribution in [3.8, 4) is 11.5 Å². The van der Waals surface area contributed by atoms with Crippen molar-refractivity contribution in [2.75, 3.05) is 6.61 Å². The maximum absolute atomic E-state index is 5.99. The van der Waals surface area contributed by atoms with E-state index in [0.29, 0.717) is 6.61 Å². The lowest BCUT2D eigenvalue weighted by molar-refractivity contribution is 0.0662. The van der Waals surface area contributed by atoms with Crippen molar-refractivity contribution in [3.63, 3.8) is 0 Å². The number of fused-ring (bicyclic) bond motifs is 1. The van der Waals surface area contributed by atoms with E-state index < -0.39 is 0 Å². The molecular formula is C17H19NO2. The highest BCUT2D eigenvalue weighted by Crippen LogP contribution is 2.31. The Hall–Kier alpha value is -2.00. The molecule has 0 aromatic heterocycles. The number of ether oxygens (including phenoxy) is 2. The van der Waals surface area contributed by atoms with E-state index in [9.17, 15) is 0 Å². The lowest BCUT2D eigenvalue weighted by Crippen LogP contribution is -2.45. The quantitative estimate of drug-likeness (QED) is 0.925. The molecule has 1 aliphatic rings. The minimum absolute atomic E-state index is 0.0358. The van der Waals surface area contributed by atoms with Crippen LogP contribution in [0.4, 0.5) is 0 Å². The van der Waals surface area contributed by atoms with Crippen molar-refractivity contribution >= 4 is 0 Å². The minimum Gasteiger partial charge on any atom is -0.486 e. The average Bonchev–Trinajstić information content (AvgIpc) is 2.53. The van der Waals surface area contributed by atoms with Gasteiger partial charge in [0.1, 0.15) is 12.7 Å². The minimum atomic E-state index is 0.0358. The Kier molecular flexibility index (Phi) is 3.88. The third kappa shape index (κ3) is 2.94. The third-order valence-electron chi connectivity index (χ3n) is 3.56. The molecule has 3 rings (SSSR count). The van der Waals surface area contributed by atoms with Gasteiger partial charge in [0.05, 0.1) is 0 Å². The molecular weight excluding hydrogens is 250 g/mol. The third-order valence-corrected chi connectivity index (χ3v) is 3.56. The fraction of sp³-hybridized carbons (Fsp3) is 0.294. The highest BCUT2D eigenvalue weighted by molar-refractivity contribution is 5.40. The molecule has 1 heterocycles. The molecule has 3 nitrogen and oxygen atoms in total. The van der Waals surface area contributed by atoms with Crippen molar-refractivity contribution in [3.05, 3.63) is 60.2 Å². The first kappa shape index (κ1) is 13.0. The molecule has 104 valence electrons. The predicted octanol–water partition coefficient (Wildman–Crippen LogP) is 3.00. The number of rotatable bonds is 4. The van der Waals surface area contributed by atoms with Crippen LogP contribution in [-0.4, -0.2) is 18.8 Å². The van der Waals surface area contributed by atoms with E-state index in [1.54, 1.807) is 0 Å². The van der Waals surface area contributed by atoms with Crippen LogP contribution in [0, 0.1) is 0 Å². The molecule has 0 saturated heterocycles. The van der Waals surface area contributed by atoms with Crippen LogP contribution in [-0.2, 0) is 6.54 Å². The summed E-state index contributed by atoms with van der Waals surface area (Å²) < 4.78 is 11.7. The Balaban J connectivity index is 1.58. The molecule has 2 aromatic rings. The van der Waals surface area contributed by atoms with Gasteiger partial charge in [-0.2, -0.15) is 0 Å². The number of para-hydroxylation sites is 2. The molecule has 0 bridgehead atoms. The lowest BCUT2D eigenvalue weighted by Gasteiger charge is -2.31. The van der Waals surface area contributed by atoms with Gasteiger partial charge in [0.15, 0.2) is 11.5 Å². The molecule has 0 unspecified atom stereocenters. The van der Waals surface area contributed by atoms with Crippen LogP contribution in [0.5, 0.6) is 11.5 Å². The summed E-state index contributed by atoms with van der Waals surface area (Å²) in [6, 6.07) is 18.4. The first-order chi connectivity index (χ1) is 9.83. The maximum atomic E-state index is 5.99. The normalized spacial score (nSPS) is 18.6. The molecule has 2 atom stereocenters. The largest absolute Gasteiger partial charge is 0.486 e. The van der Waals surface area contributed by atoms with E-state index in [4.69, 9.17) is 9.47 Å². The highest BCUT2D eigenvalue weighted by atomic mass is 16.6. The second kappa shape index (κ2) is 5.97. The SMILES string of the molecule is C[C@@H](NCc1ccccc1)[C@H]1COc2ccccc2O1. The first-order valence-corrected chi connectivity index (χ1v) is 6.99. The van der Waals surface area contributed by atoms with Crippen molar-refractivity contribution in [1.82, 2.24) is 5.32 Å². The Morgan fingerprint density at radius 1 is 1.05 bits per heavy atom. The van der Waals surface area contributed by atoms with Crippen molar-refractivity contribution in [2.45, 2.75) is 25.6 Å². The van der Waals surface area contributed by atoms with Gasteiger partial charge >= 0.3 is 0 Å². The molecule has 0 saturated carbocycles. The van der Waals surface area contributed by atoms with Crippen LogP contribution in [0.25, 0.3) is 0 Å². The van der Waals surface area contributed by atoms with Gasteiger partial charge in [0.2, 0.25) is 0 Å². The zero-order chi connectivity index (χ0) is 13.8. The molecule has 0 fully saturated rings. The number of nitrogens with one attached hydrogen (secondary N) is 1. The van der Waals surface area contributed by atoms with Crippen LogP contribution in [0.3, 0.4) is 0 Å². The second-order valence-electron chi connectivity index (χ2n) is 5.07. The van der Waals surface area contributed by atoms with Crippen LogP contribution in [0.2, 0.25) is 0 Å². The molecule has 1 aliphatic heterocycles. The van der Waals surface area contributed by atoms with Gasteiger partial charge < -0.3 is 14.8 Å². The molecule has 3 heteroatoms. The van der Waals surface area contributed by atoms with Crippen LogP contribution < -0.4 is 14.8 Å². The van der Waals surface area contributed by atoms with E-state index in [-0.39, 0.29) is 12.1 Å². The van der Waals surface area contributed by atoms with Gasteiger partial charge in [0, 0.05) is 12.6 Å². The molecule has 0 amide bonds. The van der Waals surface area contributed by atoms with Gasteiger partial charge in [0.25, 0.3) is 0 Å². The molecule has 2 aromatic carbocycles. The molecule has 1 N–H and O–H groups in total. The standard InChI is InChI=1S/C17H19NO2/c1-13(18-11-14-7-3-2-4-8-14)17-12-19-15-9-5-6-10-16(15)20-17/h2-10,13,17-18H,11-12H2,1H3/t13-,17-/m1/s1. The summed E-state index contributed by atoms with van der Waals surface area (Å²) in [5.41, 5.74) is 1.27. The Morgan fingerprint density at radius 2 is 1.75 bits per heavy atom. The summed E-state index contributed by atoms with van der Waals surface area (Å²) in [7, 11) is 0. The fourth-order valence-electron chi connectivity index (χ4n) is 2.29. The molecule has 0 aliphatic carbocycles. The number of hydrogen-bond donors (Lipinski definition) is 1. The van der Waals surface area contributed by atoms with Gasteiger partial charge in [-0.3, -0.25) is 0 Å². The lowest BCUT2D eigenvalue weighted by atomic mass is 10.1. The molecule has 20 heavy (non-hydrogen) atoms. The maximum Gasteiger partial charge on any atom is 0.161 e. The van der Waals surface area contributed by atoms with Crippen molar-refractivity contribution in [1.29, 1.82) is 0 Å². The Morgan fingerprint density at radius 3 is 2.55 bits per heavy atom. The summed E-state index contributed by atoms with van der Waals surface area (Å²) in [6.45, 7) is 3.55. The van der Waals surface area contributed by atoms with Gasteiger partial charge in [-0.1, -0.05) is 42.5 Å². The van der Waals surface area contributed by atoms with E-state index in [0.717, 1.165) is 18.0 Å². The Bertz CT molecular complexity index is 556. The van der Waals surface area contributed by atoms with E-state index in [1.807, 2.05) is 30.3 Å². The van der Waals surface area contributed by atoms with Gasteiger partial charge in [-0.05, 0) is 24.6 Å². The topological polar surface area (TPSA) is 30.5 Å². The second-order valence-corrected chi connectivity index (χ2v) is 5.07. The first-order valence-electron chi connectivity index (χ1n) is 6.99. The summed E-state index contributed by atoms with van der Waals surface area (Å²) >= 11 is 0. The smallest absolute Gasteiger partial charge is 0.161 e. The zero-order valence-electron chi connectivity index (χ0n) is 11.6. The molecule has 0 radical (unpaired) electrons. The number of hydrogen-bond acceptors (Lipinski definition) is 3. The summed E-state index contributed by atoms with van der Waals surface area (Å²) in [5, 5.41) is 3.49. The highest BCUT2D eigenvalue weighted by Gasteiger charge is 2.25. The van der Waals surface area contributed by atoms with E-state index in [1.165, 1.54) is 5.56 Å². The van der Waals surface area contributed by atoms with Gasteiger partial charge in [-0.15, -0.1) is 0 Å². The van der Waals surface area contributed by atoms with E-state index in [2.05, 4.69) is 36.5 Å². The zero-order valence-corrected chi connectivity index (χ0v) is 11.6. The summed E-state index contributed by atoms with van der Waals surface area (Å²) in [5.74, 6) is 1.66. The fourth-order valence-corrected chi connectivity index (χ4v) is 2.29. The number of benzene rings is 2.